The summed E-state index contributed by atoms with van der Waals surface area (Å²) in [6.07, 6.45) is 1.28. The Morgan fingerprint density at radius 2 is 2.35 bits per heavy atom. The second-order valence-electron chi connectivity index (χ2n) is 5.53. The molecule has 1 heterocycles. The van der Waals surface area contributed by atoms with Crippen molar-refractivity contribution in [1.29, 1.82) is 0 Å². The van der Waals surface area contributed by atoms with Crippen LogP contribution < -0.4 is 4.74 Å². The van der Waals surface area contributed by atoms with Crippen molar-refractivity contribution in [1.82, 2.24) is 4.90 Å². The van der Waals surface area contributed by atoms with E-state index in [0.29, 0.717) is 5.92 Å². The first-order chi connectivity index (χ1) is 9.60. The van der Waals surface area contributed by atoms with Crippen LogP contribution in [0.25, 0.3) is 0 Å². The van der Waals surface area contributed by atoms with Crippen LogP contribution in [0.15, 0.2) is 24.3 Å². The number of hydrogen-bond donors (Lipinski definition) is 1. The van der Waals surface area contributed by atoms with Crippen LogP contribution >= 0.6 is 0 Å². The van der Waals surface area contributed by atoms with Crippen LogP contribution in [-0.2, 0) is 4.79 Å². The maximum absolute atomic E-state index is 12.3. The summed E-state index contributed by atoms with van der Waals surface area (Å²) < 4.78 is 5.72. The van der Waals surface area contributed by atoms with Gasteiger partial charge >= 0.3 is 0 Å². The number of aliphatic hydroxyl groups excluding tert-OH is 1. The van der Waals surface area contributed by atoms with Crippen molar-refractivity contribution in [3.05, 3.63) is 29.8 Å². The first-order valence-corrected chi connectivity index (χ1v) is 7.23. The average Bonchev–Trinajstić information content (AvgIpc) is 2.87. The molecular formula is C16H23NO3. The molecule has 4 heteroatoms. The fourth-order valence-corrected chi connectivity index (χ4v) is 2.65. The Morgan fingerprint density at radius 3 is 3.05 bits per heavy atom. The van der Waals surface area contributed by atoms with E-state index in [0.717, 1.165) is 37.2 Å². The molecule has 1 saturated heterocycles. The van der Waals surface area contributed by atoms with Gasteiger partial charge in [-0.2, -0.15) is 0 Å². The van der Waals surface area contributed by atoms with Gasteiger partial charge in [-0.3, -0.25) is 4.79 Å². The van der Waals surface area contributed by atoms with Crippen molar-refractivity contribution < 1.29 is 14.6 Å². The summed E-state index contributed by atoms with van der Waals surface area (Å²) in [6, 6.07) is 7.73. The molecule has 110 valence electrons. The Hall–Kier alpha value is -1.55. The minimum Gasteiger partial charge on any atom is -0.481 e. The van der Waals surface area contributed by atoms with E-state index in [-0.39, 0.29) is 12.5 Å². The predicted molar refractivity (Wildman–Crippen MR) is 77.7 cm³/mol. The number of ether oxygens (including phenoxy) is 1. The van der Waals surface area contributed by atoms with E-state index in [4.69, 9.17) is 9.84 Å². The zero-order valence-corrected chi connectivity index (χ0v) is 12.2. The number of carbonyl (C=O) groups is 1. The van der Waals surface area contributed by atoms with Crippen molar-refractivity contribution in [3.63, 3.8) is 0 Å². The number of benzene rings is 1. The van der Waals surface area contributed by atoms with Gasteiger partial charge in [0, 0.05) is 19.7 Å². The molecule has 2 rings (SSSR count). The Labute approximate surface area is 120 Å². The van der Waals surface area contributed by atoms with Crippen LogP contribution in [0.4, 0.5) is 0 Å². The smallest absolute Gasteiger partial charge is 0.263 e. The van der Waals surface area contributed by atoms with Gasteiger partial charge in [-0.1, -0.05) is 12.1 Å². The van der Waals surface area contributed by atoms with E-state index < -0.39 is 6.10 Å². The van der Waals surface area contributed by atoms with Crippen LogP contribution in [0, 0.1) is 12.8 Å². The summed E-state index contributed by atoms with van der Waals surface area (Å²) in [4.78, 5) is 14.2. The van der Waals surface area contributed by atoms with Gasteiger partial charge < -0.3 is 14.7 Å². The number of carbonyl (C=O) groups excluding carboxylic acids is 1. The van der Waals surface area contributed by atoms with Gasteiger partial charge in [0.05, 0.1) is 0 Å². The molecule has 20 heavy (non-hydrogen) atoms. The van der Waals surface area contributed by atoms with E-state index in [9.17, 15) is 4.79 Å². The lowest BCUT2D eigenvalue weighted by atomic mass is 10.1. The van der Waals surface area contributed by atoms with Crippen molar-refractivity contribution in [2.24, 2.45) is 5.92 Å². The highest BCUT2D eigenvalue weighted by molar-refractivity contribution is 5.81. The lowest BCUT2D eigenvalue weighted by Gasteiger charge is -2.22. The third-order valence-electron chi connectivity index (χ3n) is 3.79. The van der Waals surface area contributed by atoms with E-state index in [1.165, 1.54) is 0 Å². The monoisotopic (exact) mass is 277 g/mol. The van der Waals surface area contributed by atoms with Crippen LogP contribution in [0.2, 0.25) is 0 Å². The summed E-state index contributed by atoms with van der Waals surface area (Å²) in [5.41, 5.74) is 1.12. The van der Waals surface area contributed by atoms with E-state index >= 15 is 0 Å². The standard InChI is InChI=1S/C16H23NO3/c1-12-4-3-5-15(10-12)20-13(2)16(19)17-8-6-14(11-17)7-9-18/h3-5,10,13-14,18H,6-9,11H2,1-2H3. The largest absolute Gasteiger partial charge is 0.481 e. The maximum Gasteiger partial charge on any atom is 0.263 e. The van der Waals surface area contributed by atoms with Gasteiger partial charge in [-0.25, -0.2) is 0 Å². The van der Waals surface area contributed by atoms with Gasteiger partial charge in [0.2, 0.25) is 0 Å². The molecule has 2 unspecified atom stereocenters. The van der Waals surface area contributed by atoms with Crippen LogP contribution in [0.3, 0.4) is 0 Å². The second-order valence-corrected chi connectivity index (χ2v) is 5.53. The molecule has 1 aliphatic rings. The van der Waals surface area contributed by atoms with Crippen molar-refractivity contribution in [2.45, 2.75) is 32.8 Å². The third kappa shape index (κ3) is 3.73. The van der Waals surface area contributed by atoms with Crippen molar-refractivity contribution in [3.8, 4) is 5.75 Å². The molecule has 0 radical (unpaired) electrons. The molecule has 1 aromatic rings. The Kier molecular flexibility index (Phi) is 5.01. The summed E-state index contributed by atoms with van der Waals surface area (Å²) in [5, 5.41) is 8.95. The lowest BCUT2D eigenvalue weighted by molar-refractivity contribution is -0.137. The Balaban J connectivity index is 1.89. The Bertz CT molecular complexity index is 461. The molecule has 1 aliphatic heterocycles. The molecule has 0 saturated carbocycles. The van der Waals surface area contributed by atoms with Gasteiger partial charge in [0.1, 0.15) is 5.75 Å². The second kappa shape index (κ2) is 6.75. The SMILES string of the molecule is Cc1cccc(OC(C)C(=O)N2CCC(CCO)C2)c1. The maximum atomic E-state index is 12.3. The molecule has 2 atom stereocenters. The molecule has 0 aliphatic carbocycles. The highest BCUT2D eigenvalue weighted by Gasteiger charge is 2.29. The molecule has 0 spiro atoms. The number of aryl methyl sites for hydroxylation is 1. The lowest BCUT2D eigenvalue weighted by Crippen LogP contribution is -2.39. The molecule has 0 aromatic heterocycles. The number of aliphatic hydroxyl groups is 1. The quantitative estimate of drug-likeness (QED) is 0.895. The third-order valence-corrected chi connectivity index (χ3v) is 3.79. The zero-order chi connectivity index (χ0) is 14.5. The fraction of sp³-hybridized carbons (Fsp3) is 0.562. The van der Waals surface area contributed by atoms with Crippen LogP contribution in [0.1, 0.15) is 25.3 Å². The minimum atomic E-state index is -0.468. The molecule has 4 nitrogen and oxygen atoms in total. The van der Waals surface area contributed by atoms with Crippen LogP contribution in [0.5, 0.6) is 5.75 Å². The number of likely N-dealkylation sites (tertiary alicyclic amines) is 1. The Morgan fingerprint density at radius 1 is 1.55 bits per heavy atom. The van der Waals surface area contributed by atoms with E-state index in [1.54, 1.807) is 6.92 Å². The van der Waals surface area contributed by atoms with Gasteiger partial charge in [-0.05, 0) is 50.3 Å². The summed E-state index contributed by atoms with van der Waals surface area (Å²) in [6.45, 7) is 5.50. The van der Waals surface area contributed by atoms with Crippen molar-refractivity contribution >= 4 is 5.91 Å². The summed E-state index contributed by atoms with van der Waals surface area (Å²) in [7, 11) is 0. The predicted octanol–water partition coefficient (Wildman–Crippen LogP) is 1.99. The molecule has 1 N–H and O–H groups in total. The summed E-state index contributed by atoms with van der Waals surface area (Å²) >= 11 is 0. The number of nitrogens with zero attached hydrogens (tertiary/aromatic N) is 1. The fourth-order valence-electron chi connectivity index (χ4n) is 2.65. The summed E-state index contributed by atoms with van der Waals surface area (Å²) in [5.74, 6) is 1.19. The molecular weight excluding hydrogens is 254 g/mol. The number of hydrogen-bond acceptors (Lipinski definition) is 3. The average molecular weight is 277 g/mol. The molecule has 1 amide bonds. The first-order valence-electron chi connectivity index (χ1n) is 7.23. The minimum absolute atomic E-state index is 0.0342. The molecule has 0 bridgehead atoms. The highest BCUT2D eigenvalue weighted by Crippen LogP contribution is 2.21. The van der Waals surface area contributed by atoms with E-state index in [1.807, 2.05) is 36.1 Å². The van der Waals surface area contributed by atoms with Gasteiger partial charge in [0.15, 0.2) is 6.10 Å². The highest BCUT2D eigenvalue weighted by atomic mass is 16.5. The number of rotatable bonds is 5. The van der Waals surface area contributed by atoms with Gasteiger partial charge in [0.25, 0.3) is 5.91 Å². The van der Waals surface area contributed by atoms with Crippen molar-refractivity contribution in [2.75, 3.05) is 19.7 Å². The van der Waals surface area contributed by atoms with Gasteiger partial charge in [-0.15, -0.1) is 0 Å². The normalized spacial score (nSPS) is 19.9. The zero-order valence-electron chi connectivity index (χ0n) is 12.2. The first kappa shape index (κ1) is 14.9. The molecule has 1 aromatic carbocycles. The topological polar surface area (TPSA) is 49.8 Å². The van der Waals surface area contributed by atoms with E-state index in [2.05, 4.69) is 0 Å². The molecule has 1 fully saturated rings. The number of amides is 1. The van der Waals surface area contributed by atoms with Crippen LogP contribution in [-0.4, -0.2) is 41.7 Å².